The van der Waals surface area contributed by atoms with Crippen LogP contribution in [-0.4, -0.2) is 23.6 Å². The van der Waals surface area contributed by atoms with Crippen molar-refractivity contribution in [1.82, 2.24) is 5.32 Å². The van der Waals surface area contributed by atoms with E-state index in [1.54, 1.807) is 12.1 Å². The van der Waals surface area contributed by atoms with Crippen LogP contribution in [0.5, 0.6) is 5.75 Å². The molecule has 1 aliphatic rings. The molecule has 18 heavy (non-hydrogen) atoms. The highest BCUT2D eigenvalue weighted by Gasteiger charge is 2.28. The Balaban J connectivity index is 0.00000162. The Morgan fingerprint density at radius 2 is 2.22 bits per heavy atom. The number of phenolic OH excluding ortho intramolecular Hbond substituents is 1. The van der Waals surface area contributed by atoms with Crippen LogP contribution >= 0.6 is 12.4 Å². The maximum atomic E-state index is 11.8. The minimum atomic E-state index is -0.262. The van der Waals surface area contributed by atoms with Gasteiger partial charge < -0.3 is 16.2 Å². The van der Waals surface area contributed by atoms with E-state index in [0.717, 1.165) is 18.4 Å². The zero-order chi connectivity index (χ0) is 12.4. The number of carbonyl (C=O) groups excluding carboxylic acids is 1. The van der Waals surface area contributed by atoms with E-state index in [4.69, 9.17) is 5.73 Å². The number of aromatic hydroxyl groups is 1. The van der Waals surface area contributed by atoms with Crippen molar-refractivity contribution in [3.63, 3.8) is 0 Å². The Labute approximate surface area is 113 Å². The van der Waals surface area contributed by atoms with Crippen molar-refractivity contribution in [2.45, 2.75) is 25.8 Å². The minimum absolute atomic E-state index is 0. The van der Waals surface area contributed by atoms with Crippen molar-refractivity contribution in [2.24, 2.45) is 11.7 Å². The van der Waals surface area contributed by atoms with Crippen molar-refractivity contribution in [2.75, 3.05) is 6.54 Å². The topological polar surface area (TPSA) is 75.3 Å². The zero-order valence-electron chi connectivity index (χ0n) is 10.3. The van der Waals surface area contributed by atoms with Crippen LogP contribution in [0.3, 0.4) is 0 Å². The highest BCUT2D eigenvalue weighted by molar-refractivity contribution is 5.97. The van der Waals surface area contributed by atoms with Crippen LogP contribution in [0.15, 0.2) is 18.2 Å². The summed E-state index contributed by atoms with van der Waals surface area (Å²) in [4.78, 5) is 11.8. The Morgan fingerprint density at radius 3 is 2.83 bits per heavy atom. The first-order chi connectivity index (χ1) is 8.08. The zero-order valence-corrected chi connectivity index (χ0v) is 11.2. The molecule has 2 rings (SSSR count). The molecule has 1 fully saturated rings. The smallest absolute Gasteiger partial charge is 0.255 e. The fourth-order valence-corrected chi connectivity index (χ4v) is 1.83. The van der Waals surface area contributed by atoms with Crippen molar-refractivity contribution >= 4 is 18.3 Å². The van der Waals surface area contributed by atoms with E-state index in [-0.39, 0.29) is 30.1 Å². The highest BCUT2D eigenvalue weighted by atomic mass is 35.5. The molecule has 1 amide bonds. The van der Waals surface area contributed by atoms with Gasteiger partial charge in [0.1, 0.15) is 5.75 Å². The predicted molar refractivity (Wildman–Crippen MR) is 73.1 cm³/mol. The molecule has 0 heterocycles. The molecule has 0 radical (unpaired) electrons. The summed E-state index contributed by atoms with van der Waals surface area (Å²) in [5.74, 6) is 0.303. The Morgan fingerprint density at radius 1 is 1.56 bits per heavy atom. The normalized spacial score (nSPS) is 15.7. The molecule has 0 saturated heterocycles. The van der Waals surface area contributed by atoms with Crippen molar-refractivity contribution < 1.29 is 9.90 Å². The molecule has 1 atom stereocenters. The quantitative estimate of drug-likeness (QED) is 0.778. The summed E-state index contributed by atoms with van der Waals surface area (Å²) in [7, 11) is 0. The van der Waals surface area contributed by atoms with Gasteiger partial charge in [0, 0.05) is 12.6 Å². The van der Waals surface area contributed by atoms with Crippen LogP contribution in [0, 0.1) is 12.8 Å². The molecular weight excluding hydrogens is 252 g/mol. The lowest BCUT2D eigenvalue weighted by atomic mass is 10.1. The third kappa shape index (κ3) is 3.62. The van der Waals surface area contributed by atoms with E-state index in [2.05, 4.69) is 5.32 Å². The maximum Gasteiger partial charge on any atom is 0.255 e. The average molecular weight is 271 g/mol. The monoisotopic (exact) mass is 270 g/mol. The van der Waals surface area contributed by atoms with E-state index < -0.39 is 0 Å². The molecule has 0 aliphatic heterocycles. The molecule has 1 unspecified atom stereocenters. The molecule has 0 bridgehead atoms. The number of halogens is 1. The van der Waals surface area contributed by atoms with Gasteiger partial charge in [-0.15, -0.1) is 12.4 Å². The number of hydrogen-bond acceptors (Lipinski definition) is 3. The van der Waals surface area contributed by atoms with Gasteiger partial charge in [0.05, 0.1) is 5.56 Å². The van der Waals surface area contributed by atoms with E-state index in [9.17, 15) is 9.90 Å². The summed E-state index contributed by atoms with van der Waals surface area (Å²) in [6.45, 7) is 2.35. The van der Waals surface area contributed by atoms with Crippen molar-refractivity contribution in [3.05, 3.63) is 29.3 Å². The van der Waals surface area contributed by atoms with Gasteiger partial charge in [-0.05, 0) is 37.8 Å². The lowest BCUT2D eigenvalue weighted by Gasteiger charge is -2.12. The lowest BCUT2D eigenvalue weighted by molar-refractivity contribution is 0.0947. The molecule has 0 spiro atoms. The van der Waals surface area contributed by atoms with Gasteiger partial charge in [-0.2, -0.15) is 0 Å². The first-order valence-electron chi connectivity index (χ1n) is 5.91. The lowest BCUT2D eigenvalue weighted by Crippen LogP contribution is -2.38. The van der Waals surface area contributed by atoms with E-state index >= 15 is 0 Å². The van der Waals surface area contributed by atoms with Crippen LogP contribution in [0.2, 0.25) is 0 Å². The third-order valence-electron chi connectivity index (χ3n) is 3.12. The van der Waals surface area contributed by atoms with Gasteiger partial charge >= 0.3 is 0 Å². The molecule has 100 valence electrons. The summed E-state index contributed by atoms with van der Waals surface area (Å²) in [6.07, 6.45) is 2.32. The predicted octanol–water partition coefficient (Wildman–Crippen LogP) is 1.59. The highest BCUT2D eigenvalue weighted by Crippen LogP contribution is 2.31. The SMILES string of the molecule is Cc1ccc(O)c(C(=O)NCC(N)C2CC2)c1.Cl. The van der Waals surface area contributed by atoms with Crippen LogP contribution in [0.4, 0.5) is 0 Å². The number of nitrogens with one attached hydrogen (secondary N) is 1. The van der Waals surface area contributed by atoms with Gasteiger partial charge in [-0.3, -0.25) is 4.79 Å². The summed E-state index contributed by atoms with van der Waals surface area (Å²) in [5, 5.41) is 12.4. The minimum Gasteiger partial charge on any atom is -0.507 e. The summed E-state index contributed by atoms with van der Waals surface area (Å²) in [6, 6.07) is 5.01. The van der Waals surface area contributed by atoms with Gasteiger partial charge in [0.25, 0.3) is 5.91 Å². The second kappa shape index (κ2) is 6.07. The van der Waals surface area contributed by atoms with E-state index in [1.165, 1.54) is 6.07 Å². The van der Waals surface area contributed by atoms with Crippen molar-refractivity contribution in [1.29, 1.82) is 0 Å². The first kappa shape index (κ1) is 14.8. The summed E-state index contributed by atoms with van der Waals surface area (Å²) < 4.78 is 0. The summed E-state index contributed by atoms with van der Waals surface area (Å²) in [5.41, 5.74) is 7.15. The molecule has 1 aromatic rings. The standard InChI is InChI=1S/C13H18N2O2.ClH/c1-8-2-5-12(16)10(6-8)13(17)15-7-11(14)9-3-4-9;/h2,5-6,9,11,16H,3-4,7,14H2,1H3,(H,15,17);1H. The number of nitrogens with two attached hydrogens (primary N) is 1. The maximum absolute atomic E-state index is 11.8. The fourth-order valence-electron chi connectivity index (χ4n) is 1.83. The number of phenols is 1. The number of rotatable bonds is 4. The Hall–Kier alpha value is -1.26. The molecule has 4 N–H and O–H groups in total. The van der Waals surface area contributed by atoms with Crippen LogP contribution in [0.25, 0.3) is 0 Å². The Kier molecular flexibility index (Phi) is 4.99. The van der Waals surface area contributed by atoms with Crippen molar-refractivity contribution in [3.8, 4) is 5.75 Å². The van der Waals surface area contributed by atoms with Crippen LogP contribution < -0.4 is 11.1 Å². The molecule has 1 aromatic carbocycles. The number of aryl methyl sites for hydroxylation is 1. The third-order valence-corrected chi connectivity index (χ3v) is 3.12. The second-order valence-electron chi connectivity index (χ2n) is 4.73. The van der Waals surface area contributed by atoms with Crippen LogP contribution in [-0.2, 0) is 0 Å². The van der Waals surface area contributed by atoms with E-state index in [0.29, 0.717) is 18.0 Å². The van der Waals surface area contributed by atoms with Gasteiger partial charge in [-0.25, -0.2) is 0 Å². The number of amides is 1. The second-order valence-corrected chi connectivity index (χ2v) is 4.73. The molecule has 4 nitrogen and oxygen atoms in total. The number of benzene rings is 1. The van der Waals surface area contributed by atoms with Gasteiger partial charge in [0.15, 0.2) is 0 Å². The Bertz CT molecular complexity index is 433. The van der Waals surface area contributed by atoms with E-state index in [1.807, 2.05) is 6.92 Å². The average Bonchev–Trinajstić information content (AvgIpc) is 3.12. The first-order valence-corrected chi connectivity index (χ1v) is 5.91. The molecule has 5 heteroatoms. The number of hydrogen-bond donors (Lipinski definition) is 3. The molecule has 1 aliphatic carbocycles. The van der Waals surface area contributed by atoms with Gasteiger partial charge in [0.2, 0.25) is 0 Å². The molecule has 1 saturated carbocycles. The van der Waals surface area contributed by atoms with Gasteiger partial charge in [-0.1, -0.05) is 11.6 Å². The fraction of sp³-hybridized carbons (Fsp3) is 0.462. The largest absolute Gasteiger partial charge is 0.507 e. The summed E-state index contributed by atoms with van der Waals surface area (Å²) >= 11 is 0. The molecule has 0 aromatic heterocycles. The number of carbonyl (C=O) groups is 1. The van der Waals surface area contributed by atoms with Crippen LogP contribution in [0.1, 0.15) is 28.8 Å². The molecular formula is C13H19ClN2O2.